The predicted octanol–water partition coefficient (Wildman–Crippen LogP) is -0.111. The molecule has 0 aromatic heterocycles. The van der Waals surface area contributed by atoms with Crippen LogP contribution in [-0.2, 0) is 21.4 Å². The number of piperazine rings is 1. The van der Waals surface area contributed by atoms with E-state index in [2.05, 4.69) is 5.32 Å². The minimum absolute atomic E-state index is 0.0799. The second-order valence-corrected chi connectivity index (χ2v) is 7.51. The van der Waals surface area contributed by atoms with Crippen molar-refractivity contribution in [2.45, 2.75) is 6.54 Å². The van der Waals surface area contributed by atoms with E-state index in [-0.39, 0.29) is 12.5 Å². The number of sulfonamides is 1. The number of methoxy groups -OCH3 is 1. The molecule has 128 valence electrons. The summed E-state index contributed by atoms with van der Waals surface area (Å²) in [5.41, 5.74) is 0.922. The highest BCUT2D eigenvalue weighted by atomic mass is 32.2. The number of hydrogen-bond acceptors (Lipinski definition) is 5. The van der Waals surface area contributed by atoms with E-state index < -0.39 is 10.0 Å². The van der Waals surface area contributed by atoms with Gasteiger partial charge in [0.2, 0.25) is 15.9 Å². The fourth-order valence-electron chi connectivity index (χ4n) is 2.52. The number of rotatable bonds is 6. The SMILES string of the molecule is COc1ccccc1CNC(=O)CN1CCN(S(C)(=O)=O)CC1. The van der Waals surface area contributed by atoms with Gasteiger partial charge in [0.05, 0.1) is 19.9 Å². The van der Waals surface area contributed by atoms with Gasteiger partial charge >= 0.3 is 0 Å². The normalized spacial score (nSPS) is 17.0. The number of carbonyl (C=O) groups is 1. The van der Waals surface area contributed by atoms with Crippen LogP contribution in [0.25, 0.3) is 0 Å². The molecule has 0 spiro atoms. The average Bonchev–Trinajstić information content (AvgIpc) is 2.53. The molecule has 1 saturated heterocycles. The van der Waals surface area contributed by atoms with E-state index in [1.807, 2.05) is 29.2 Å². The second-order valence-electron chi connectivity index (χ2n) is 5.53. The summed E-state index contributed by atoms with van der Waals surface area (Å²) in [5.74, 6) is 0.665. The van der Waals surface area contributed by atoms with Crippen molar-refractivity contribution >= 4 is 15.9 Å². The first-order valence-electron chi connectivity index (χ1n) is 7.46. The van der Waals surface area contributed by atoms with Crippen LogP contribution >= 0.6 is 0 Å². The van der Waals surface area contributed by atoms with Crippen LogP contribution in [0.3, 0.4) is 0 Å². The Kier molecular flexibility index (Phi) is 5.97. The van der Waals surface area contributed by atoms with Gasteiger partial charge in [-0.15, -0.1) is 0 Å². The van der Waals surface area contributed by atoms with Crippen molar-refractivity contribution in [3.8, 4) is 5.75 Å². The Morgan fingerprint density at radius 1 is 1.22 bits per heavy atom. The number of hydrogen-bond donors (Lipinski definition) is 1. The molecule has 0 radical (unpaired) electrons. The summed E-state index contributed by atoms with van der Waals surface area (Å²) >= 11 is 0. The Morgan fingerprint density at radius 3 is 2.48 bits per heavy atom. The molecule has 1 aromatic carbocycles. The molecule has 1 aromatic rings. The first-order valence-corrected chi connectivity index (χ1v) is 9.31. The molecule has 0 aliphatic carbocycles. The van der Waals surface area contributed by atoms with E-state index >= 15 is 0 Å². The maximum atomic E-state index is 12.0. The van der Waals surface area contributed by atoms with Crippen molar-refractivity contribution in [1.82, 2.24) is 14.5 Å². The summed E-state index contributed by atoms with van der Waals surface area (Å²) in [4.78, 5) is 14.0. The van der Waals surface area contributed by atoms with E-state index in [1.165, 1.54) is 10.6 Å². The van der Waals surface area contributed by atoms with Crippen LogP contribution in [0.5, 0.6) is 5.75 Å². The van der Waals surface area contributed by atoms with Gasteiger partial charge in [-0.1, -0.05) is 18.2 Å². The second kappa shape index (κ2) is 7.76. The molecule has 1 amide bonds. The summed E-state index contributed by atoms with van der Waals surface area (Å²) in [6.45, 7) is 2.67. The van der Waals surface area contributed by atoms with Gasteiger partial charge in [0.15, 0.2) is 0 Å². The van der Waals surface area contributed by atoms with Crippen LogP contribution in [-0.4, -0.2) is 69.6 Å². The van der Waals surface area contributed by atoms with Crippen molar-refractivity contribution in [3.05, 3.63) is 29.8 Å². The minimum atomic E-state index is -3.14. The van der Waals surface area contributed by atoms with E-state index in [9.17, 15) is 13.2 Å². The van der Waals surface area contributed by atoms with Crippen molar-refractivity contribution in [2.75, 3.05) is 46.1 Å². The number of benzene rings is 1. The topological polar surface area (TPSA) is 79.0 Å². The van der Waals surface area contributed by atoms with Gasteiger partial charge in [-0.25, -0.2) is 8.42 Å². The molecule has 1 aliphatic heterocycles. The average molecular weight is 341 g/mol. The number of para-hydroxylation sites is 1. The summed E-state index contributed by atoms with van der Waals surface area (Å²) in [5, 5.41) is 2.87. The molecule has 0 bridgehead atoms. The molecule has 1 N–H and O–H groups in total. The molecular weight excluding hydrogens is 318 g/mol. The molecule has 2 rings (SSSR count). The van der Waals surface area contributed by atoms with Crippen molar-refractivity contribution in [3.63, 3.8) is 0 Å². The maximum Gasteiger partial charge on any atom is 0.234 e. The lowest BCUT2D eigenvalue weighted by Gasteiger charge is -2.32. The van der Waals surface area contributed by atoms with Gasteiger partial charge in [0, 0.05) is 38.3 Å². The van der Waals surface area contributed by atoms with Gasteiger partial charge < -0.3 is 10.1 Å². The largest absolute Gasteiger partial charge is 0.496 e. The van der Waals surface area contributed by atoms with E-state index in [0.717, 1.165) is 11.3 Å². The highest BCUT2D eigenvalue weighted by molar-refractivity contribution is 7.88. The highest BCUT2D eigenvalue weighted by Gasteiger charge is 2.24. The summed E-state index contributed by atoms with van der Waals surface area (Å²) < 4.78 is 29.6. The number of nitrogens with zero attached hydrogens (tertiary/aromatic N) is 2. The number of carbonyl (C=O) groups excluding carboxylic acids is 1. The fraction of sp³-hybridized carbons (Fsp3) is 0.533. The molecule has 7 nitrogen and oxygen atoms in total. The van der Waals surface area contributed by atoms with E-state index in [1.54, 1.807) is 7.11 Å². The smallest absolute Gasteiger partial charge is 0.234 e. The lowest BCUT2D eigenvalue weighted by molar-refractivity contribution is -0.122. The van der Waals surface area contributed by atoms with Crippen LogP contribution in [0.1, 0.15) is 5.56 Å². The molecule has 0 saturated carbocycles. The number of nitrogens with one attached hydrogen (secondary N) is 1. The van der Waals surface area contributed by atoms with Gasteiger partial charge in [0.25, 0.3) is 0 Å². The first-order chi connectivity index (χ1) is 10.9. The van der Waals surface area contributed by atoms with Gasteiger partial charge in [0.1, 0.15) is 5.75 Å². The number of amides is 1. The maximum absolute atomic E-state index is 12.0. The zero-order chi connectivity index (χ0) is 16.9. The standard InChI is InChI=1S/C15H23N3O4S/c1-22-14-6-4-3-5-13(14)11-16-15(19)12-17-7-9-18(10-8-17)23(2,20)21/h3-6H,7-12H2,1-2H3,(H,16,19). The van der Waals surface area contributed by atoms with Crippen molar-refractivity contribution < 1.29 is 17.9 Å². The van der Waals surface area contributed by atoms with Crippen LogP contribution in [0, 0.1) is 0 Å². The Hall–Kier alpha value is -1.64. The van der Waals surface area contributed by atoms with Crippen molar-refractivity contribution in [2.24, 2.45) is 0 Å². The molecule has 0 unspecified atom stereocenters. The monoisotopic (exact) mass is 341 g/mol. The Morgan fingerprint density at radius 2 is 1.87 bits per heavy atom. The summed E-state index contributed by atoms with van der Waals surface area (Å²) in [7, 11) is -1.54. The Labute approximate surface area is 137 Å². The molecule has 8 heteroatoms. The third kappa shape index (κ3) is 5.19. The lowest BCUT2D eigenvalue weighted by atomic mass is 10.2. The predicted molar refractivity (Wildman–Crippen MR) is 87.7 cm³/mol. The van der Waals surface area contributed by atoms with Gasteiger partial charge in [-0.2, -0.15) is 4.31 Å². The fourth-order valence-corrected chi connectivity index (χ4v) is 3.35. The third-order valence-corrected chi connectivity index (χ3v) is 5.14. The molecule has 23 heavy (non-hydrogen) atoms. The van der Waals surface area contributed by atoms with Crippen LogP contribution < -0.4 is 10.1 Å². The molecular formula is C15H23N3O4S. The van der Waals surface area contributed by atoms with Crippen LogP contribution in [0.15, 0.2) is 24.3 Å². The molecule has 1 fully saturated rings. The van der Waals surface area contributed by atoms with E-state index in [0.29, 0.717) is 32.7 Å². The Balaban J connectivity index is 1.78. The summed E-state index contributed by atoms with van der Waals surface area (Å²) in [6.07, 6.45) is 1.21. The van der Waals surface area contributed by atoms with Gasteiger partial charge in [-0.05, 0) is 6.07 Å². The highest BCUT2D eigenvalue weighted by Crippen LogP contribution is 2.16. The molecule has 0 atom stereocenters. The van der Waals surface area contributed by atoms with Crippen LogP contribution in [0.4, 0.5) is 0 Å². The molecule has 1 heterocycles. The van der Waals surface area contributed by atoms with Gasteiger partial charge in [-0.3, -0.25) is 9.69 Å². The third-order valence-electron chi connectivity index (χ3n) is 3.84. The zero-order valence-corrected chi connectivity index (χ0v) is 14.3. The van der Waals surface area contributed by atoms with E-state index in [4.69, 9.17) is 4.74 Å². The summed E-state index contributed by atoms with van der Waals surface area (Å²) in [6, 6.07) is 7.54. The zero-order valence-electron chi connectivity index (χ0n) is 13.5. The van der Waals surface area contributed by atoms with Crippen LogP contribution in [0.2, 0.25) is 0 Å². The molecule has 1 aliphatic rings. The Bertz CT molecular complexity index is 640. The quantitative estimate of drug-likeness (QED) is 0.781. The minimum Gasteiger partial charge on any atom is -0.496 e. The first kappa shape index (κ1) is 17.7. The lowest BCUT2D eigenvalue weighted by Crippen LogP contribution is -2.50. The number of ether oxygens (including phenoxy) is 1. The van der Waals surface area contributed by atoms with Crippen molar-refractivity contribution in [1.29, 1.82) is 0 Å².